The van der Waals surface area contributed by atoms with Crippen molar-refractivity contribution in [1.82, 2.24) is 0 Å². The molecule has 27 heavy (non-hydrogen) atoms. The van der Waals surface area contributed by atoms with Crippen molar-refractivity contribution in [3.63, 3.8) is 0 Å². The first-order valence-electron chi connectivity index (χ1n) is 9.98. The van der Waals surface area contributed by atoms with E-state index in [9.17, 15) is 0 Å². The van der Waals surface area contributed by atoms with Crippen molar-refractivity contribution in [3.05, 3.63) is 60.2 Å². The lowest BCUT2D eigenvalue weighted by Crippen LogP contribution is -2.30. The van der Waals surface area contributed by atoms with Crippen molar-refractivity contribution in [2.75, 3.05) is 6.61 Å². The molecule has 1 rings (SSSR count). The van der Waals surface area contributed by atoms with E-state index < -0.39 is 9.04 Å². The molecular weight excluding hydrogens is 348 g/mol. The molecule has 0 saturated carbocycles. The summed E-state index contributed by atoms with van der Waals surface area (Å²) in [5.41, 5.74) is 1.22. The SMILES string of the molecule is CC#C[C@@H](C)[C@@H](CCCOCc1ccccc1)O[Si](C/C=C\C)C/C=C\C. The van der Waals surface area contributed by atoms with Crippen molar-refractivity contribution in [3.8, 4) is 11.8 Å². The largest absolute Gasteiger partial charge is 0.412 e. The molecule has 0 N–H and O–H groups in total. The molecule has 1 aromatic carbocycles. The molecule has 0 heterocycles. The van der Waals surface area contributed by atoms with Crippen LogP contribution in [0.1, 0.15) is 46.1 Å². The fourth-order valence-corrected chi connectivity index (χ4v) is 4.88. The molecule has 2 nitrogen and oxygen atoms in total. The van der Waals surface area contributed by atoms with Gasteiger partial charge in [-0.25, -0.2) is 0 Å². The number of benzene rings is 1. The summed E-state index contributed by atoms with van der Waals surface area (Å²) in [6, 6.07) is 12.4. The van der Waals surface area contributed by atoms with Crippen LogP contribution in [0.4, 0.5) is 0 Å². The minimum Gasteiger partial charge on any atom is -0.412 e. The number of hydrogen-bond acceptors (Lipinski definition) is 2. The quantitative estimate of drug-likeness (QED) is 0.175. The van der Waals surface area contributed by atoms with Crippen molar-refractivity contribution in [2.24, 2.45) is 5.92 Å². The molecule has 0 aliphatic heterocycles. The summed E-state index contributed by atoms with van der Waals surface area (Å²) in [6.45, 7) is 9.66. The van der Waals surface area contributed by atoms with Gasteiger partial charge in [-0.05, 0) is 58.2 Å². The Balaban J connectivity index is 2.52. The molecule has 0 bridgehead atoms. The maximum absolute atomic E-state index is 6.58. The van der Waals surface area contributed by atoms with Gasteiger partial charge in [0.1, 0.15) is 0 Å². The van der Waals surface area contributed by atoms with Crippen LogP contribution in [0, 0.1) is 17.8 Å². The maximum Gasteiger partial charge on any atom is 0.219 e. The first-order chi connectivity index (χ1) is 13.2. The van der Waals surface area contributed by atoms with E-state index in [1.807, 2.05) is 25.1 Å². The molecule has 147 valence electrons. The molecular formula is C24H35O2Si. The number of ether oxygens (including phenoxy) is 1. The molecule has 2 atom stereocenters. The maximum atomic E-state index is 6.58. The van der Waals surface area contributed by atoms with Crippen molar-refractivity contribution in [1.29, 1.82) is 0 Å². The van der Waals surface area contributed by atoms with Gasteiger partial charge in [0.2, 0.25) is 9.04 Å². The summed E-state index contributed by atoms with van der Waals surface area (Å²) >= 11 is 0. The van der Waals surface area contributed by atoms with Crippen LogP contribution in [0.2, 0.25) is 12.1 Å². The highest BCUT2D eigenvalue weighted by atomic mass is 28.3. The van der Waals surface area contributed by atoms with E-state index in [-0.39, 0.29) is 12.0 Å². The minimum atomic E-state index is -0.898. The zero-order valence-corrected chi connectivity index (χ0v) is 18.4. The topological polar surface area (TPSA) is 18.5 Å². The van der Waals surface area contributed by atoms with Gasteiger partial charge >= 0.3 is 0 Å². The van der Waals surface area contributed by atoms with Gasteiger partial charge in [-0.15, -0.1) is 5.92 Å². The molecule has 0 unspecified atom stereocenters. The van der Waals surface area contributed by atoms with Gasteiger partial charge in [-0.2, -0.15) is 0 Å². The van der Waals surface area contributed by atoms with E-state index in [0.29, 0.717) is 6.61 Å². The second-order valence-corrected chi connectivity index (χ2v) is 8.73. The van der Waals surface area contributed by atoms with Crippen LogP contribution in [-0.2, 0) is 15.8 Å². The van der Waals surface area contributed by atoms with Gasteiger partial charge in [-0.3, -0.25) is 0 Å². The van der Waals surface area contributed by atoms with E-state index in [1.165, 1.54) is 5.56 Å². The first kappa shape index (κ1) is 23.4. The van der Waals surface area contributed by atoms with E-state index in [4.69, 9.17) is 9.16 Å². The Morgan fingerprint density at radius 2 is 1.74 bits per heavy atom. The highest BCUT2D eigenvalue weighted by Gasteiger charge is 2.21. The summed E-state index contributed by atoms with van der Waals surface area (Å²) in [7, 11) is -0.898. The van der Waals surface area contributed by atoms with Crippen LogP contribution in [0.25, 0.3) is 0 Å². The monoisotopic (exact) mass is 383 g/mol. The van der Waals surface area contributed by atoms with E-state index in [2.05, 4.69) is 69.0 Å². The lowest BCUT2D eigenvalue weighted by Gasteiger charge is -2.25. The van der Waals surface area contributed by atoms with Gasteiger partial charge < -0.3 is 9.16 Å². The Morgan fingerprint density at radius 3 is 2.33 bits per heavy atom. The third-order valence-electron chi connectivity index (χ3n) is 4.30. The third kappa shape index (κ3) is 11.0. The summed E-state index contributed by atoms with van der Waals surface area (Å²) in [5, 5.41) is 0. The first-order valence-corrected chi connectivity index (χ1v) is 11.8. The fourth-order valence-electron chi connectivity index (χ4n) is 2.77. The highest BCUT2D eigenvalue weighted by Crippen LogP contribution is 2.18. The average molecular weight is 384 g/mol. The molecule has 0 spiro atoms. The van der Waals surface area contributed by atoms with Crippen LogP contribution < -0.4 is 0 Å². The predicted molar refractivity (Wildman–Crippen MR) is 118 cm³/mol. The molecule has 0 aromatic heterocycles. The van der Waals surface area contributed by atoms with E-state index >= 15 is 0 Å². The lowest BCUT2D eigenvalue weighted by molar-refractivity contribution is 0.0953. The standard InChI is InChI=1S/C24H35O2Si/c1-5-8-19-27(20-9-6-2)26-24(22(4)14-7-3)17-13-18-25-21-23-15-11-10-12-16-23/h5-6,8-12,15-16,22,24H,13,17-21H2,1-4H3/b8-5-,9-6-/t22-,24-/m1/s1. The summed E-state index contributed by atoms with van der Waals surface area (Å²) < 4.78 is 12.4. The lowest BCUT2D eigenvalue weighted by atomic mass is 10.0. The second kappa shape index (κ2) is 15.5. The zero-order chi connectivity index (χ0) is 19.7. The predicted octanol–water partition coefficient (Wildman–Crippen LogP) is 6.17. The normalized spacial score (nSPS) is 13.8. The van der Waals surface area contributed by atoms with E-state index in [0.717, 1.165) is 31.5 Å². The van der Waals surface area contributed by atoms with Gasteiger partial charge in [0.05, 0.1) is 12.7 Å². The number of allylic oxidation sites excluding steroid dienone is 4. The van der Waals surface area contributed by atoms with Gasteiger partial charge in [0, 0.05) is 12.5 Å². The van der Waals surface area contributed by atoms with Crippen LogP contribution in [0.15, 0.2) is 54.6 Å². The van der Waals surface area contributed by atoms with E-state index in [1.54, 1.807) is 0 Å². The molecule has 3 heteroatoms. The molecule has 1 radical (unpaired) electrons. The van der Waals surface area contributed by atoms with Crippen LogP contribution in [0.3, 0.4) is 0 Å². The molecule has 0 fully saturated rings. The highest BCUT2D eigenvalue weighted by molar-refractivity contribution is 6.53. The Bertz CT molecular complexity index is 584. The fraction of sp³-hybridized carbons (Fsp3) is 0.500. The van der Waals surface area contributed by atoms with Crippen LogP contribution in [0.5, 0.6) is 0 Å². The number of hydrogen-bond donors (Lipinski definition) is 0. The van der Waals surface area contributed by atoms with Crippen molar-refractivity contribution in [2.45, 2.75) is 65.3 Å². The molecule has 0 aliphatic rings. The van der Waals surface area contributed by atoms with Gasteiger partial charge in [0.25, 0.3) is 0 Å². The molecule has 0 saturated heterocycles. The third-order valence-corrected chi connectivity index (χ3v) is 6.32. The molecule has 1 aromatic rings. The van der Waals surface area contributed by atoms with Crippen molar-refractivity contribution < 1.29 is 9.16 Å². The second-order valence-electron chi connectivity index (χ2n) is 6.60. The minimum absolute atomic E-state index is 0.183. The smallest absolute Gasteiger partial charge is 0.219 e. The Hall–Kier alpha value is -1.60. The molecule has 0 amide bonds. The van der Waals surface area contributed by atoms with Crippen LogP contribution in [-0.4, -0.2) is 21.8 Å². The Labute approximate surface area is 168 Å². The zero-order valence-electron chi connectivity index (χ0n) is 17.4. The van der Waals surface area contributed by atoms with Gasteiger partial charge in [0.15, 0.2) is 0 Å². The van der Waals surface area contributed by atoms with Crippen molar-refractivity contribution >= 4 is 9.04 Å². The number of rotatable bonds is 13. The average Bonchev–Trinajstić information content (AvgIpc) is 2.69. The summed E-state index contributed by atoms with van der Waals surface area (Å²) in [4.78, 5) is 0. The van der Waals surface area contributed by atoms with Gasteiger partial charge in [-0.1, -0.05) is 60.6 Å². The summed E-state index contributed by atoms with van der Waals surface area (Å²) in [5.74, 6) is 6.60. The Morgan fingerprint density at radius 1 is 1.07 bits per heavy atom. The summed E-state index contributed by atoms with van der Waals surface area (Å²) in [6.07, 6.45) is 10.9. The Kier molecular flexibility index (Phi) is 13.4. The molecule has 0 aliphatic carbocycles. The van der Waals surface area contributed by atoms with Crippen LogP contribution >= 0.6 is 0 Å².